The van der Waals surface area contributed by atoms with Gasteiger partial charge in [0.25, 0.3) is 5.91 Å². The van der Waals surface area contributed by atoms with Crippen LogP contribution in [0.15, 0.2) is 41.3 Å². The van der Waals surface area contributed by atoms with Crippen molar-refractivity contribution in [2.24, 2.45) is 0 Å². The summed E-state index contributed by atoms with van der Waals surface area (Å²) >= 11 is 12.1. The number of carbonyl (C=O) groups excluding carboxylic acids is 1. The number of carbonyl (C=O) groups is 1. The summed E-state index contributed by atoms with van der Waals surface area (Å²) in [5, 5.41) is 3.31. The molecule has 0 aromatic heterocycles. The summed E-state index contributed by atoms with van der Waals surface area (Å²) in [6.45, 7) is 3.77. The number of hydrogen-bond donors (Lipinski definition) is 2. The maximum Gasteiger partial charge on any atom is 0.262 e. The van der Waals surface area contributed by atoms with Gasteiger partial charge in [-0.2, -0.15) is 0 Å². The molecule has 0 spiro atoms. The monoisotopic (exact) mass is 430 g/mol. The number of amides is 1. The first kappa shape index (κ1) is 21.5. The summed E-state index contributed by atoms with van der Waals surface area (Å²) in [5.41, 5.74) is 1.45. The fourth-order valence-electron chi connectivity index (χ4n) is 2.10. The van der Waals surface area contributed by atoms with Gasteiger partial charge in [0, 0.05) is 17.3 Å². The lowest BCUT2D eigenvalue weighted by Gasteiger charge is -2.11. The van der Waals surface area contributed by atoms with Gasteiger partial charge in [-0.3, -0.25) is 4.79 Å². The van der Waals surface area contributed by atoms with Crippen LogP contribution in [-0.4, -0.2) is 27.5 Å². The second-order valence-corrected chi connectivity index (χ2v) is 8.37. The van der Waals surface area contributed by atoms with Crippen molar-refractivity contribution in [2.45, 2.75) is 25.2 Å². The summed E-state index contributed by atoms with van der Waals surface area (Å²) in [5.74, 6) is -0.185. The molecule has 0 fully saturated rings. The average molecular weight is 431 g/mol. The minimum atomic E-state index is -3.62. The Hall–Kier alpha value is -1.80. The minimum absolute atomic E-state index is 0.0343. The number of anilines is 1. The Bertz CT molecular complexity index is 933. The van der Waals surface area contributed by atoms with Crippen LogP contribution in [0.5, 0.6) is 5.75 Å². The van der Waals surface area contributed by atoms with E-state index in [0.29, 0.717) is 23.7 Å². The van der Waals surface area contributed by atoms with Gasteiger partial charge in [-0.05, 0) is 49.2 Å². The van der Waals surface area contributed by atoms with Crippen LogP contribution in [-0.2, 0) is 14.8 Å². The van der Waals surface area contributed by atoms with Crippen molar-refractivity contribution in [3.63, 3.8) is 0 Å². The summed E-state index contributed by atoms with van der Waals surface area (Å²) in [4.78, 5) is 12.0. The molecule has 2 aromatic carbocycles. The van der Waals surface area contributed by atoms with Crippen molar-refractivity contribution >= 4 is 44.8 Å². The van der Waals surface area contributed by atoms with Gasteiger partial charge >= 0.3 is 0 Å². The van der Waals surface area contributed by atoms with E-state index in [1.54, 1.807) is 18.2 Å². The van der Waals surface area contributed by atoms with Crippen LogP contribution in [0.1, 0.15) is 18.9 Å². The van der Waals surface area contributed by atoms with Crippen LogP contribution in [0.3, 0.4) is 0 Å². The van der Waals surface area contributed by atoms with Gasteiger partial charge in [-0.1, -0.05) is 36.2 Å². The number of halogens is 2. The molecule has 0 aliphatic carbocycles. The van der Waals surface area contributed by atoms with Crippen LogP contribution < -0.4 is 14.8 Å². The van der Waals surface area contributed by atoms with Gasteiger partial charge < -0.3 is 10.1 Å². The van der Waals surface area contributed by atoms with Gasteiger partial charge in [-0.25, -0.2) is 13.1 Å². The summed E-state index contributed by atoms with van der Waals surface area (Å²) < 4.78 is 32.0. The van der Waals surface area contributed by atoms with E-state index < -0.39 is 15.9 Å². The molecule has 146 valence electrons. The average Bonchev–Trinajstić information content (AvgIpc) is 2.62. The molecule has 27 heavy (non-hydrogen) atoms. The predicted molar refractivity (Wildman–Crippen MR) is 107 cm³/mol. The van der Waals surface area contributed by atoms with Crippen LogP contribution in [0.2, 0.25) is 10.0 Å². The second-order valence-electron chi connectivity index (χ2n) is 5.79. The fraction of sp³-hybridized carbons (Fsp3) is 0.278. The zero-order valence-corrected chi connectivity index (χ0v) is 17.2. The number of nitrogens with one attached hydrogen (secondary N) is 2. The van der Waals surface area contributed by atoms with E-state index >= 15 is 0 Å². The first-order valence-electron chi connectivity index (χ1n) is 8.21. The molecule has 0 aliphatic heterocycles. The smallest absolute Gasteiger partial charge is 0.262 e. The third kappa shape index (κ3) is 6.10. The first-order chi connectivity index (χ1) is 12.7. The van der Waals surface area contributed by atoms with Gasteiger partial charge in [0.1, 0.15) is 5.75 Å². The lowest BCUT2D eigenvalue weighted by Crippen LogP contribution is -2.24. The highest BCUT2D eigenvalue weighted by atomic mass is 35.5. The Labute approximate surface area is 168 Å². The molecule has 0 saturated heterocycles. The maximum absolute atomic E-state index is 12.1. The van der Waals surface area contributed by atoms with E-state index in [1.807, 2.05) is 13.8 Å². The van der Waals surface area contributed by atoms with Crippen molar-refractivity contribution in [2.75, 3.05) is 18.5 Å². The quantitative estimate of drug-likeness (QED) is 0.662. The van der Waals surface area contributed by atoms with E-state index in [9.17, 15) is 13.2 Å². The Morgan fingerprint density at radius 1 is 1.11 bits per heavy atom. The van der Waals surface area contributed by atoms with E-state index in [1.165, 1.54) is 18.2 Å². The van der Waals surface area contributed by atoms with Crippen LogP contribution >= 0.6 is 23.2 Å². The van der Waals surface area contributed by atoms with E-state index in [0.717, 1.165) is 5.56 Å². The van der Waals surface area contributed by atoms with Gasteiger partial charge in [0.2, 0.25) is 10.0 Å². The normalized spacial score (nSPS) is 11.3. The molecule has 1 amide bonds. The molecule has 0 unspecified atom stereocenters. The lowest BCUT2D eigenvalue weighted by atomic mass is 10.2. The highest BCUT2D eigenvalue weighted by molar-refractivity contribution is 7.89. The molecular weight excluding hydrogens is 411 g/mol. The zero-order valence-electron chi connectivity index (χ0n) is 14.9. The topological polar surface area (TPSA) is 84.5 Å². The van der Waals surface area contributed by atoms with Crippen molar-refractivity contribution in [1.29, 1.82) is 0 Å². The number of sulfonamides is 1. The third-order valence-electron chi connectivity index (χ3n) is 3.57. The Morgan fingerprint density at radius 3 is 2.48 bits per heavy atom. The summed E-state index contributed by atoms with van der Waals surface area (Å²) in [6.07, 6.45) is 0.676. The molecule has 0 atom stereocenters. The van der Waals surface area contributed by atoms with Gasteiger partial charge in [0.15, 0.2) is 6.61 Å². The molecule has 9 heteroatoms. The van der Waals surface area contributed by atoms with E-state index in [-0.39, 0.29) is 22.3 Å². The Kier molecular flexibility index (Phi) is 7.49. The lowest BCUT2D eigenvalue weighted by molar-refractivity contribution is -0.118. The molecule has 0 saturated carbocycles. The molecule has 2 aromatic rings. The predicted octanol–water partition coefficient (Wildman–Crippen LogP) is 4.01. The largest absolute Gasteiger partial charge is 0.482 e. The van der Waals surface area contributed by atoms with Gasteiger partial charge in [0.05, 0.1) is 9.92 Å². The molecule has 2 rings (SSSR count). The number of ether oxygens (including phenoxy) is 1. The minimum Gasteiger partial charge on any atom is -0.482 e. The SMILES string of the molecule is CCCNS(=O)(=O)c1ccc(OCC(=O)Nc2ccc(C)c(Cl)c2)c(Cl)c1. The molecule has 6 nitrogen and oxygen atoms in total. The number of rotatable bonds is 8. The second kappa shape index (κ2) is 9.41. The van der Waals surface area contributed by atoms with Crippen molar-refractivity contribution < 1.29 is 17.9 Å². The molecule has 2 N–H and O–H groups in total. The number of benzene rings is 2. The van der Waals surface area contributed by atoms with E-state index in [2.05, 4.69) is 10.0 Å². The zero-order chi connectivity index (χ0) is 20.0. The van der Waals surface area contributed by atoms with Crippen LogP contribution in [0.4, 0.5) is 5.69 Å². The standard InChI is InChI=1S/C18H20Cl2N2O4S/c1-3-8-21-27(24,25)14-6-7-17(16(20)10-14)26-11-18(23)22-13-5-4-12(2)15(19)9-13/h4-7,9-10,21H,3,8,11H2,1-2H3,(H,22,23). The highest BCUT2D eigenvalue weighted by Gasteiger charge is 2.16. The van der Waals surface area contributed by atoms with Crippen LogP contribution in [0.25, 0.3) is 0 Å². The van der Waals surface area contributed by atoms with Crippen molar-refractivity contribution in [3.05, 3.63) is 52.0 Å². The van der Waals surface area contributed by atoms with Gasteiger partial charge in [-0.15, -0.1) is 0 Å². The first-order valence-corrected chi connectivity index (χ1v) is 10.4. The molecular formula is C18H20Cl2N2O4S. The summed E-state index contributed by atoms with van der Waals surface area (Å²) in [6, 6.07) is 9.24. The Morgan fingerprint density at radius 2 is 1.85 bits per heavy atom. The molecule has 0 radical (unpaired) electrons. The van der Waals surface area contributed by atoms with Crippen LogP contribution in [0, 0.1) is 6.92 Å². The third-order valence-corrected chi connectivity index (χ3v) is 5.73. The van der Waals surface area contributed by atoms with Crippen molar-refractivity contribution in [3.8, 4) is 5.75 Å². The molecule has 0 heterocycles. The van der Waals surface area contributed by atoms with E-state index in [4.69, 9.17) is 27.9 Å². The Balaban J connectivity index is 1.99. The molecule has 0 aliphatic rings. The number of aryl methyl sites for hydroxylation is 1. The number of hydrogen-bond acceptors (Lipinski definition) is 4. The highest BCUT2D eigenvalue weighted by Crippen LogP contribution is 2.27. The maximum atomic E-state index is 12.1. The van der Waals surface area contributed by atoms with Crippen molar-refractivity contribution in [1.82, 2.24) is 4.72 Å². The summed E-state index contributed by atoms with van der Waals surface area (Å²) in [7, 11) is -3.62. The fourth-order valence-corrected chi connectivity index (χ4v) is 3.74. The molecule has 0 bridgehead atoms.